The predicted molar refractivity (Wildman–Crippen MR) is 73.7 cm³/mol. The molecule has 17 heavy (non-hydrogen) atoms. The molecule has 94 valence electrons. The van der Waals surface area contributed by atoms with E-state index in [0.29, 0.717) is 11.4 Å². The van der Waals surface area contributed by atoms with Gasteiger partial charge in [-0.1, -0.05) is 11.6 Å². The zero-order valence-corrected chi connectivity index (χ0v) is 11.2. The lowest BCUT2D eigenvalue weighted by Gasteiger charge is -2.11. The zero-order valence-electron chi connectivity index (χ0n) is 9.65. The minimum atomic E-state index is -0.128. The number of thioether (sulfide) groups is 1. The van der Waals surface area contributed by atoms with Crippen LogP contribution in [0, 0.1) is 0 Å². The number of aliphatic hydroxyl groups is 1. The Kier molecular flexibility index (Phi) is 6.40. The fourth-order valence-corrected chi connectivity index (χ4v) is 2.16. The molecule has 1 atom stereocenters. The molecule has 0 aliphatic heterocycles. The summed E-state index contributed by atoms with van der Waals surface area (Å²) in [5.74, 6) is 0.751. The highest BCUT2D eigenvalue weighted by Crippen LogP contribution is 2.16. The average Bonchev–Trinajstić information content (AvgIpc) is 2.32. The third-order valence-corrected chi connectivity index (χ3v) is 3.64. The van der Waals surface area contributed by atoms with E-state index in [-0.39, 0.29) is 17.8 Å². The summed E-state index contributed by atoms with van der Waals surface area (Å²) in [5, 5.41) is 12.0. The summed E-state index contributed by atoms with van der Waals surface area (Å²) in [6, 6.07) is 7.01. The molecule has 0 aliphatic rings. The van der Waals surface area contributed by atoms with Crippen molar-refractivity contribution in [2.45, 2.75) is 18.6 Å². The van der Waals surface area contributed by atoms with Crippen LogP contribution < -0.4 is 5.32 Å². The van der Waals surface area contributed by atoms with Crippen molar-refractivity contribution in [3.63, 3.8) is 0 Å². The molecule has 0 aliphatic carbocycles. The first kappa shape index (κ1) is 14.4. The first-order valence-electron chi connectivity index (χ1n) is 5.42. The first-order valence-corrected chi connectivity index (χ1v) is 6.85. The van der Waals surface area contributed by atoms with Crippen LogP contribution in [0.4, 0.5) is 5.69 Å². The molecule has 0 aromatic heterocycles. The molecule has 1 unspecified atom stereocenters. The fraction of sp³-hybridized carbons (Fsp3) is 0.417. The molecule has 2 N–H and O–H groups in total. The molecule has 0 heterocycles. The number of amides is 1. The summed E-state index contributed by atoms with van der Waals surface area (Å²) in [6.45, 7) is 2.02. The molecule has 0 saturated heterocycles. The van der Waals surface area contributed by atoms with Gasteiger partial charge in [0.1, 0.15) is 0 Å². The van der Waals surface area contributed by atoms with Gasteiger partial charge >= 0.3 is 0 Å². The van der Waals surface area contributed by atoms with Gasteiger partial charge in [-0.05, 0) is 43.4 Å². The fourth-order valence-electron chi connectivity index (χ4n) is 1.18. The van der Waals surface area contributed by atoms with Crippen LogP contribution in [0.5, 0.6) is 0 Å². The first-order chi connectivity index (χ1) is 8.13. The molecule has 1 rings (SSSR count). The van der Waals surface area contributed by atoms with Crippen molar-refractivity contribution in [3.05, 3.63) is 29.3 Å². The lowest BCUT2D eigenvalue weighted by Crippen LogP contribution is -2.22. The number of carbonyl (C=O) groups excluding carboxylic acids is 1. The van der Waals surface area contributed by atoms with Crippen molar-refractivity contribution >= 4 is 35.0 Å². The lowest BCUT2D eigenvalue weighted by molar-refractivity contribution is -0.115. The van der Waals surface area contributed by atoms with E-state index in [9.17, 15) is 4.79 Å². The van der Waals surface area contributed by atoms with E-state index in [1.807, 2.05) is 6.92 Å². The van der Waals surface area contributed by atoms with Gasteiger partial charge in [-0.2, -0.15) is 0 Å². The second-order valence-corrected chi connectivity index (χ2v) is 5.47. The maximum atomic E-state index is 11.8. The lowest BCUT2D eigenvalue weighted by atomic mass is 10.3. The summed E-state index contributed by atoms with van der Waals surface area (Å²) < 4.78 is 0. The Bertz CT molecular complexity index is 356. The molecule has 0 bridgehead atoms. The van der Waals surface area contributed by atoms with Gasteiger partial charge in [-0.25, -0.2) is 0 Å². The van der Waals surface area contributed by atoms with Crippen molar-refractivity contribution in [2.24, 2.45) is 0 Å². The van der Waals surface area contributed by atoms with Gasteiger partial charge < -0.3 is 10.4 Å². The molecule has 0 saturated carbocycles. The minimum Gasteiger partial charge on any atom is -0.396 e. The molecule has 5 heteroatoms. The molecule has 3 nitrogen and oxygen atoms in total. The minimum absolute atomic E-state index is 0.0322. The summed E-state index contributed by atoms with van der Waals surface area (Å²) in [7, 11) is 0. The summed E-state index contributed by atoms with van der Waals surface area (Å²) >= 11 is 7.29. The maximum absolute atomic E-state index is 11.8. The number of hydrogen-bond acceptors (Lipinski definition) is 3. The van der Waals surface area contributed by atoms with Crippen LogP contribution in [0.2, 0.25) is 5.02 Å². The number of halogens is 1. The third kappa shape index (κ3) is 5.44. The van der Waals surface area contributed by atoms with Gasteiger partial charge in [0, 0.05) is 17.3 Å². The molecule has 0 radical (unpaired) electrons. The summed E-state index contributed by atoms with van der Waals surface area (Å²) in [5.41, 5.74) is 0.744. The third-order valence-electron chi connectivity index (χ3n) is 2.15. The van der Waals surface area contributed by atoms with Gasteiger partial charge in [0.15, 0.2) is 0 Å². The van der Waals surface area contributed by atoms with Crippen molar-refractivity contribution < 1.29 is 9.90 Å². The van der Waals surface area contributed by atoms with Gasteiger partial charge in [0.05, 0.1) is 5.25 Å². The van der Waals surface area contributed by atoms with E-state index in [4.69, 9.17) is 16.7 Å². The van der Waals surface area contributed by atoms with Crippen LogP contribution in [-0.4, -0.2) is 28.6 Å². The van der Waals surface area contributed by atoms with E-state index in [0.717, 1.165) is 11.4 Å². The van der Waals surface area contributed by atoms with E-state index in [1.54, 1.807) is 24.3 Å². The average molecular weight is 274 g/mol. The monoisotopic (exact) mass is 273 g/mol. The van der Waals surface area contributed by atoms with Crippen molar-refractivity contribution in [3.8, 4) is 0 Å². The quantitative estimate of drug-likeness (QED) is 0.784. The molecular formula is C12H16ClNO2S. The topological polar surface area (TPSA) is 49.3 Å². The molecule has 1 aromatic rings. The van der Waals surface area contributed by atoms with E-state index in [2.05, 4.69) is 5.32 Å². The normalized spacial score (nSPS) is 12.2. The second kappa shape index (κ2) is 7.58. The molecule has 1 aromatic carbocycles. The van der Waals surface area contributed by atoms with Gasteiger partial charge in [-0.3, -0.25) is 4.79 Å². The van der Waals surface area contributed by atoms with E-state index < -0.39 is 0 Å². The SMILES string of the molecule is CC(SCCCO)C(=O)Nc1ccc(Cl)cc1. The smallest absolute Gasteiger partial charge is 0.237 e. The molecule has 1 amide bonds. The standard InChI is InChI=1S/C12H16ClNO2S/c1-9(17-8-2-7-15)12(16)14-11-5-3-10(13)4-6-11/h3-6,9,15H,2,7-8H2,1H3,(H,14,16). The van der Waals surface area contributed by atoms with Crippen LogP contribution >= 0.6 is 23.4 Å². The molecule has 0 spiro atoms. The Morgan fingerprint density at radius 3 is 2.71 bits per heavy atom. The number of hydrogen-bond donors (Lipinski definition) is 2. The van der Waals surface area contributed by atoms with Crippen LogP contribution in [0.25, 0.3) is 0 Å². The van der Waals surface area contributed by atoms with Crippen LogP contribution in [0.1, 0.15) is 13.3 Å². The number of benzene rings is 1. The summed E-state index contributed by atoms with van der Waals surface area (Å²) in [6.07, 6.45) is 0.712. The van der Waals surface area contributed by atoms with Crippen molar-refractivity contribution in [1.82, 2.24) is 0 Å². The number of nitrogens with one attached hydrogen (secondary N) is 1. The highest BCUT2D eigenvalue weighted by molar-refractivity contribution is 8.00. The van der Waals surface area contributed by atoms with Crippen LogP contribution in [-0.2, 0) is 4.79 Å². The van der Waals surface area contributed by atoms with E-state index in [1.165, 1.54) is 11.8 Å². The van der Waals surface area contributed by atoms with Gasteiger partial charge in [0.25, 0.3) is 0 Å². The maximum Gasteiger partial charge on any atom is 0.237 e. The Morgan fingerprint density at radius 1 is 1.47 bits per heavy atom. The Balaban J connectivity index is 2.40. The number of aliphatic hydroxyl groups excluding tert-OH is 1. The highest BCUT2D eigenvalue weighted by atomic mass is 35.5. The molecule has 0 fully saturated rings. The Labute approximate surface area is 111 Å². The van der Waals surface area contributed by atoms with Crippen LogP contribution in [0.15, 0.2) is 24.3 Å². The van der Waals surface area contributed by atoms with Crippen LogP contribution in [0.3, 0.4) is 0 Å². The van der Waals surface area contributed by atoms with E-state index >= 15 is 0 Å². The largest absolute Gasteiger partial charge is 0.396 e. The zero-order chi connectivity index (χ0) is 12.7. The van der Waals surface area contributed by atoms with Crippen molar-refractivity contribution in [2.75, 3.05) is 17.7 Å². The summed E-state index contributed by atoms with van der Waals surface area (Å²) in [4.78, 5) is 11.8. The Morgan fingerprint density at radius 2 is 2.12 bits per heavy atom. The van der Waals surface area contributed by atoms with Gasteiger partial charge in [0.2, 0.25) is 5.91 Å². The van der Waals surface area contributed by atoms with Crippen molar-refractivity contribution in [1.29, 1.82) is 0 Å². The number of anilines is 1. The van der Waals surface area contributed by atoms with Gasteiger partial charge in [-0.15, -0.1) is 11.8 Å². The second-order valence-electron chi connectivity index (χ2n) is 3.59. The molecular weight excluding hydrogens is 258 g/mol. The Hall–Kier alpha value is -0.710. The number of rotatable bonds is 6. The number of carbonyl (C=O) groups is 1. The highest BCUT2D eigenvalue weighted by Gasteiger charge is 2.12. The predicted octanol–water partition coefficient (Wildman–Crippen LogP) is 2.78.